The summed E-state index contributed by atoms with van der Waals surface area (Å²) in [5.41, 5.74) is 4.59. The zero-order chi connectivity index (χ0) is 17.5. The van der Waals surface area contributed by atoms with E-state index in [0.29, 0.717) is 28.7 Å². The van der Waals surface area contributed by atoms with Crippen LogP contribution in [-0.2, 0) is 0 Å². The van der Waals surface area contributed by atoms with E-state index in [2.05, 4.69) is 10.5 Å². The molecule has 2 aromatic rings. The Kier molecular flexibility index (Phi) is 6.21. The molecule has 0 aliphatic carbocycles. The topological polar surface area (TPSA) is 59.9 Å². The average Bonchev–Trinajstić information content (AvgIpc) is 2.56. The number of aryl methyl sites for hydroxylation is 1. The maximum Gasteiger partial charge on any atom is 0.272 e. The fourth-order valence-electron chi connectivity index (χ4n) is 2.07. The molecule has 0 unspecified atom stereocenters. The second-order valence-electron chi connectivity index (χ2n) is 5.03. The SMILES string of the molecule is CCOc1ccc(/C=N\NC(=O)c2ccc(C)cc2Cl)cc1OC. The first-order chi connectivity index (χ1) is 11.5. The zero-order valence-corrected chi connectivity index (χ0v) is 14.6. The van der Waals surface area contributed by atoms with Gasteiger partial charge < -0.3 is 9.47 Å². The van der Waals surface area contributed by atoms with Crippen LogP contribution in [0.15, 0.2) is 41.5 Å². The Morgan fingerprint density at radius 3 is 2.71 bits per heavy atom. The van der Waals surface area contributed by atoms with E-state index in [-0.39, 0.29) is 5.91 Å². The minimum Gasteiger partial charge on any atom is -0.493 e. The molecule has 2 aromatic carbocycles. The zero-order valence-electron chi connectivity index (χ0n) is 13.8. The van der Waals surface area contributed by atoms with Gasteiger partial charge in [0.25, 0.3) is 5.91 Å². The van der Waals surface area contributed by atoms with Crippen molar-refractivity contribution in [1.82, 2.24) is 5.43 Å². The number of rotatable bonds is 6. The van der Waals surface area contributed by atoms with Crippen molar-refractivity contribution < 1.29 is 14.3 Å². The third-order valence-corrected chi connectivity index (χ3v) is 3.55. The van der Waals surface area contributed by atoms with Crippen LogP contribution < -0.4 is 14.9 Å². The predicted molar refractivity (Wildman–Crippen MR) is 95.4 cm³/mol. The maximum absolute atomic E-state index is 12.1. The fourth-order valence-corrected chi connectivity index (χ4v) is 2.39. The summed E-state index contributed by atoms with van der Waals surface area (Å²) in [4.78, 5) is 12.1. The number of carbonyl (C=O) groups excluding carboxylic acids is 1. The van der Waals surface area contributed by atoms with Crippen molar-refractivity contribution in [3.05, 3.63) is 58.1 Å². The number of halogens is 1. The first-order valence-electron chi connectivity index (χ1n) is 7.45. The third kappa shape index (κ3) is 4.49. The van der Waals surface area contributed by atoms with Gasteiger partial charge in [-0.15, -0.1) is 0 Å². The lowest BCUT2D eigenvalue weighted by atomic mass is 10.1. The molecule has 0 aliphatic rings. The summed E-state index contributed by atoms with van der Waals surface area (Å²) in [5.74, 6) is 0.899. The van der Waals surface area contributed by atoms with Gasteiger partial charge >= 0.3 is 0 Å². The highest BCUT2D eigenvalue weighted by Crippen LogP contribution is 2.27. The number of hydrazone groups is 1. The molecular formula is C18H19ClN2O3. The number of amides is 1. The van der Waals surface area contributed by atoms with Crippen LogP contribution in [0, 0.1) is 6.92 Å². The minimum atomic E-state index is -0.367. The molecule has 24 heavy (non-hydrogen) atoms. The van der Waals surface area contributed by atoms with Gasteiger partial charge in [0.15, 0.2) is 11.5 Å². The molecule has 0 heterocycles. The van der Waals surface area contributed by atoms with E-state index < -0.39 is 0 Å². The number of methoxy groups -OCH3 is 1. The van der Waals surface area contributed by atoms with Gasteiger partial charge in [0.2, 0.25) is 0 Å². The molecule has 2 rings (SSSR count). The van der Waals surface area contributed by atoms with E-state index in [4.69, 9.17) is 21.1 Å². The Morgan fingerprint density at radius 1 is 1.25 bits per heavy atom. The molecular weight excluding hydrogens is 328 g/mol. The van der Waals surface area contributed by atoms with Crippen LogP contribution in [-0.4, -0.2) is 25.8 Å². The number of hydrogen-bond donors (Lipinski definition) is 1. The molecule has 6 heteroatoms. The number of nitrogens with zero attached hydrogens (tertiary/aromatic N) is 1. The Balaban J connectivity index is 2.07. The molecule has 0 radical (unpaired) electrons. The van der Waals surface area contributed by atoms with E-state index >= 15 is 0 Å². The molecule has 0 aliphatic heterocycles. The lowest BCUT2D eigenvalue weighted by Gasteiger charge is -2.09. The van der Waals surface area contributed by atoms with Crippen molar-refractivity contribution in [2.24, 2.45) is 5.10 Å². The highest BCUT2D eigenvalue weighted by Gasteiger charge is 2.09. The minimum absolute atomic E-state index is 0.367. The van der Waals surface area contributed by atoms with Crippen LogP contribution in [0.5, 0.6) is 11.5 Å². The number of ether oxygens (including phenoxy) is 2. The van der Waals surface area contributed by atoms with E-state index in [1.54, 1.807) is 31.4 Å². The smallest absolute Gasteiger partial charge is 0.272 e. The molecule has 0 fully saturated rings. The van der Waals surface area contributed by atoms with Crippen molar-refractivity contribution in [3.63, 3.8) is 0 Å². The van der Waals surface area contributed by atoms with Crippen molar-refractivity contribution in [2.45, 2.75) is 13.8 Å². The van der Waals surface area contributed by atoms with Crippen LogP contribution >= 0.6 is 11.6 Å². The molecule has 5 nitrogen and oxygen atoms in total. The molecule has 0 saturated heterocycles. The van der Waals surface area contributed by atoms with E-state index in [9.17, 15) is 4.79 Å². The average molecular weight is 347 g/mol. The Labute approximate surface area is 146 Å². The number of hydrogen-bond acceptors (Lipinski definition) is 4. The molecule has 126 valence electrons. The summed E-state index contributed by atoms with van der Waals surface area (Å²) < 4.78 is 10.7. The summed E-state index contributed by atoms with van der Waals surface area (Å²) >= 11 is 6.06. The normalized spacial score (nSPS) is 10.7. The van der Waals surface area contributed by atoms with E-state index in [1.807, 2.05) is 26.0 Å². The monoisotopic (exact) mass is 346 g/mol. The van der Waals surface area contributed by atoms with Gasteiger partial charge in [-0.25, -0.2) is 5.43 Å². The van der Waals surface area contributed by atoms with Crippen molar-refractivity contribution in [2.75, 3.05) is 13.7 Å². The fraction of sp³-hybridized carbons (Fsp3) is 0.222. The highest BCUT2D eigenvalue weighted by molar-refractivity contribution is 6.33. The first-order valence-corrected chi connectivity index (χ1v) is 7.83. The van der Waals surface area contributed by atoms with Gasteiger partial charge in [-0.2, -0.15) is 5.10 Å². The van der Waals surface area contributed by atoms with Gasteiger partial charge in [0.05, 0.1) is 30.5 Å². The second kappa shape index (κ2) is 8.36. The number of benzene rings is 2. The summed E-state index contributed by atoms with van der Waals surface area (Å²) in [6.07, 6.45) is 1.53. The lowest BCUT2D eigenvalue weighted by Crippen LogP contribution is -2.18. The lowest BCUT2D eigenvalue weighted by molar-refractivity contribution is 0.0955. The van der Waals surface area contributed by atoms with Gasteiger partial charge in [-0.3, -0.25) is 4.79 Å². The summed E-state index contributed by atoms with van der Waals surface area (Å²) in [6.45, 7) is 4.36. The summed E-state index contributed by atoms with van der Waals surface area (Å²) in [7, 11) is 1.57. The third-order valence-electron chi connectivity index (χ3n) is 3.24. The van der Waals surface area contributed by atoms with Crippen LogP contribution in [0.3, 0.4) is 0 Å². The van der Waals surface area contributed by atoms with Crippen molar-refractivity contribution in [3.8, 4) is 11.5 Å². The molecule has 0 saturated carbocycles. The standard InChI is InChI=1S/C18H19ClN2O3/c1-4-24-16-8-6-13(10-17(16)23-3)11-20-21-18(22)14-7-5-12(2)9-15(14)19/h5-11H,4H2,1-3H3,(H,21,22)/b20-11-. The predicted octanol–water partition coefficient (Wildman–Crippen LogP) is 3.82. The molecule has 1 N–H and O–H groups in total. The maximum atomic E-state index is 12.1. The summed E-state index contributed by atoms with van der Waals surface area (Å²) in [6, 6.07) is 10.6. The van der Waals surface area contributed by atoms with Crippen LogP contribution in [0.1, 0.15) is 28.4 Å². The number of carbonyl (C=O) groups is 1. The first kappa shape index (κ1) is 17.8. The van der Waals surface area contributed by atoms with Gasteiger partial charge in [-0.1, -0.05) is 17.7 Å². The molecule has 0 bridgehead atoms. The van der Waals surface area contributed by atoms with Gasteiger partial charge in [-0.05, 0) is 55.3 Å². The van der Waals surface area contributed by atoms with Crippen molar-refractivity contribution in [1.29, 1.82) is 0 Å². The molecule has 1 amide bonds. The van der Waals surface area contributed by atoms with Crippen LogP contribution in [0.2, 0.25) is 5.02 Å². The Bertz CT molecular complexity index is 760. The highest BCUT2D eigenvalue weighted by atomic mass is 35.5. The largest absolute Gasteiger partial charge is 0.493 e. The van der Waals surface area contributed by atoms with Crippen LogP contribution in [0.25, 0.3) is 0 Å². The molecule has 0 atom stereocenters. The Hall–Kier alpha value is -2.53. The van der Waals surface area contributed by atoms with E-state index in [0.717, 1.165) is 11.1 Å². The summed E-state index contributed by atoms with van der Waals surface area (Å²) in [5, 5.41) is 4.35. The quantitative estimate of drug-likeness (QED) is 0.639. The van der Waals surface area contributed by atoms with Gasteiger partial charge in [0, 0.05) is 0 Å². The van der Waals surface area contributed by atoms with Crippen molar-refractivity contribution >= 4 is 23.7 Å². The Morgan fingerprint density at radius 2 is 2.04 bits per heavy atom. The second-order valence-corrected chi connectivity index (χ2v) is 5.43. The van der Waals surface area contributed by atoms with Gasteiger partial charge in [0.1, 0.15) is 0 Å². The van der Waals surface area contributed by atoms with E-state index in [1.165, 1.54) is 6.21 Å². The molecule has 0 spiro atoms. The molecule has 0 aromatic heterocycles. The van der Waals surface area contributed by atoms with Crippen LogP contribution in [0.4, 0.5) is 0 Å². The number of nitrogens with one attached hydrogen (secondary N) is 1.